The van der Waals surface area contributed by atoms with Gasteiger partial charge in [0.15, 0.2) is 0 Å². The van der Waals surface area contributed by atoms with Crippen LogP contribution in [0.1, 0.15) is 26.7 Å². The van der Waals surface area contributed by atoms with Gasteiger partial charge >= 0.3 is 0 Å². The van der Waals surface area contributed by atoms with Gasteiger partial charge < -0.3 is 4.74 Å². The summed E-state index contributed by atoms with van der Waals surface area (Å²) in [7, 11) is 0. The Bertz CT molecular complexity index is 545. The lowest BCUT2D eigenvalue weighted by Gasteiger charge is -2.44. The molecule has 0 aliphatic heterocycles. The standard InChI is InChI=1S/C13H14ClNO4/c1-3-13(2)11(16)7-12(13)19-10-5-4-8(15(17)18)6-9(10)14/h4-6,12H,3,7H2,1-2H3. The monoisotopic (exact) mass is 283 g/mol. The average molecular weight is 284 g/mol. The largest absolute Gasteiger partial charge is 0.487 e. The van der Waals surface area contributed by atoms with Gasteiger partial charge in [-0.3, -0.25) is 14.9 Å². The van der Waals surface area contributed by atoms with Crippen LogP contribution < -0.4 is 4.74 Å². The Morgan fingerprint density at radius 1 is 1.58 bits per heavy atom. The van der Waals surface area contributed by atoms with Crippen molar-refractivity contribution in [1.82, 2.24) is 0 Å². The number of nitro groups is 1. The molecular weight excluding hydrogens is 270 g/mol. The molecule has 0 aromatic heterocycles. The molecule has 1 aromatic rings. The fourth-order valence-electron chi connectivity index (χ4n) is 2.12. The topological polar surface area (TPSA) is 69.4 Å². The zero-order valence-electron chi connectivity index (χ0n) is 10.7. The van der Waals surface area contributed by atoms with Crippen LogP contribution in [0.2, 0.25) is 5.02 Å². The highest BCUT2D eigenvalue weighted by atomic mass is 35.5. The third-order valence-corrected chi connectivity index (χ3v) is 4.14. The fourth-order valence-corrected chi connectivity index (χ4v) is 2.34. The van der Waals surface area contributed by atoms with Crippen LogP contribution in [0.4, 0.5) is 5.69 Å². The number of non-ortho nitro benzene ring substituents is 1. The molecule has 0 N–H and O–H groups in total. The molecule has 19 heavy (non-hydrogen) atoms. The van der Waals surface area contributed by atoms with Crippen molar-refractivity contribution in [2.45, 2.75) is 32.8 Å². The molecule has 2 atom stereocenters. The lowest BCUT2D eigenvalue weighted by molar-refractivity contribution is -0.384. The van der Waals surface area contributed by atoms with Crippen molar-refractivity contribution in [2.75, 3.05) is 0 Å². The molecule has 0 heterocycles. The van der Waals surface area contributed by atoms with E-state index in [9.17, 15) is 14.9 Å². The molecular formula is C13H14ClNO4. The van der Waals surface area contributed by atoms with E-state index in [0.717, 1.165) is 0 Å². The number of ketones is 1. The zero-order chi connectivity index (χ0) is 14.2. The molecule has 0 radical (unpaired) electrons. The lowest BCUT2D eigenvalue weighted by atomic mass is 9.64. The van der Waals surface area contributed by atoms with Crippen molar-refractivity contribution in [1.29, 1.82) is 0 Å². The van der Waals surface area contributed by atoms with Crippen molar-refractivity contribution in [3.8, 4) is 5.75 Å². The Balaban J connectivity index is 2.17. The van der Waals surface area contributed by atoms with Crippen molar-refractivity contribution in [3.63, 3.8) is 0 Å². The first-order valence-electron chi connectivity index (χ1n) is 6.02. The second kappa shape index (κ2) is 4.81. The number of halogens is 1. The summed E-state index contributed by atoms with van der Waals surface area (Å²) in [5, 5.41) is 10.8. The summed E-state index contributed by atoms with van der Waals surface area (Å²) in [6.45, 7) is 3.80. The fraction of sp³-hybridized carbons (Fsp3) is 0.462. The number of hydrogen-bond acceptors (Lipinski definition) is 4. The predicted molar refractivity (Wildman–Crippen MR) is 70.5 cm³/mol. The van der Waals surface area contributed by atoms with Gasteiger partial charge in [-0.15, -0.1) is 0 Å². The number of ether oxygens (including phenoxy) is 1. The van der Waals surface area contributed by atoms with Gasteiger partial charge in [0.25, 0.3) is 5.69 Å². The van der Waals surface area contributed by atoms with E-state index in [2.05, 4.69) is 0 Å². The molecule has 0 saturated heterocycles. The van der Waals surface area contributed by atoms with Crippen LogP contribution in [-0.2, 0) is 4.79 Å². The molecule has 2 unspecified atom stereocenters. The minimum atomic E-state index is -0.515. The highest BCUT2D eigenvalue weighted by Gasteiger charge is 2.51. The van der Waals surface area contributed by atoms with Crippen LogP contribution in [-0.4, -0.2) is 16.8 Å². The smallest absolute Gasteiger partial charge is 0.271 e. The highest BCUT2D eigenvalue weighted by Crippen LogP contribution is 2.43. The Hall–Kier alpha value is -1.62. The summed E-state index contributed by atoms with van der Waals surface area (Å²) < 4.78 is 5.72. The van der Waals surface area contributed by atoms with Gasteiger partial charge in [-0.25, -0.2) is 0 Å². The van der Waals surface area contributed by atoms with Crippen LogP contribution in [0.5, 0.6) is 5.75 Å². The summed E-state index contributed by atoms with van der Waals surface area (Å²) in [5.74, 6) is 0.558. The van der Waals surface area contributed by atoms with Gasteiger partial charge in [-0.05, 0) is 19.4 Å². The van der Waals surface area contributed by atoms with E-state index in [4.69, 9.17) is 16.3 Å². The molecule has 1 aliphatic carbocycles. The maximum atomic E-state index is 11.6. The quantitative estimate of drug-likeness (QED) is 0.627. The Morgan fingerprint density at radius 3 is 2.74 bits per heavy atom. The molecule has 1 aromatic carbocycles. The number of rotatable bonds is 4. The Morgan fingerprint density at radius 2 is 2.26 bits per heavy atom. The molecule has 6 heteroatoms. The summed E-state index contributed by atoms with van der Waals surface area (Å²) in [5.41, 5.74) is -0.564. The van der Waals surface area contributed by atoms with E-state index in [0.29, 0.717) is 18.6 Å². The molecule has 0 bridgehead atoms. The van der Waals surface area contributed by atoms with Crippen molar-refractivity contribution >= 4 is 23.1 Å². The number of Topliss-reactive ketones (excluding diaryl/α,β-unsaturated/α-hetero) is 1. The number of nitro benzene ring substituents is 1. The van der Waals surface area contributed by atoms with Gasteiger partial charge in [0.1, 0.15) is 17.6 Å². The van der Waals surface area contributed by atoms with Gasteiger partial charge in [-0.2, -0.15) is 0 Å². The van der Waals surface area contributed by atoms with E-state index in [1.165, 1.54) is 18.2 Å². The molecule has 0 spiro atoms. The second-order valence-corrected chi connectivity index (χ2v) is 5.28. The maximum Gasteiger partial charge on any atom is 0.271 e. The van der Waals surface area contributed by atoms with E-state index in [-0.39, 0.29) is 22.6 Å². The summed E-state index contributed by atoms with van der Waals surface area (Å²) in [4.78, 5) is 21.7. The lowest BCUT2D eigenvalue weighted by Crippen LogP contribution is -2.54. The average Bonchev–Trinajstić information content (AvgIpc) is 2.38. The zero-order valence-corrected chi connectivity index (χ0v) is 11.4. The molecule has 1 aliphatic rings. The summed E-state index contributed by atoms with van der Waals surface area (Å²) in [6.07, 6.45) is 0.836. The number of benzene rings is 1. The van der Waals surface area contributed by atoms with Crippen molar-refractivity contribution < 1.29 is 14.5 Å². The minimum absolute atomic E-state index is 0.0831. The van der Waals surface area contributed by atoms with Crippen LogP contribution in [0, 0.1) is 15.5 Å². The van der Waals surface area contributed by atoms with Crippen LogP contribution >= 0.6 is 11.6 Å². The molecule has 0 amide bonds. The normalized spacial score (nSPS) is 25.8. The first-order chi connectivity index (χ1) is 8.88. The SMILES string of the molecule is CCC1(C)C(=O)CC1Oc1ccc([N+](=O)[O-])cc1Cl. The van der Waals surface area contributed by atoms with Gasteiger partial charge in [-0.1, -0.05) is 18.5 Å². The van der Waals surface area contributed by atoms with Gasteiger partial charge in [0.05, 0.1) is 15.4 Å². The van der Waals surface area contributed by atoms with E-state index < -0.39 is 10.3 Å². The van der Waals surface area contributed by atoms with Crippen LogP contribution in [0.15, 0.2) is 18.2 Å². The van der Waals surface area contributed by atoms with Crippen molar-refractivity contribution in [3.05, 3.63) is 33.3 Å². The van der Waals surface area contributed by atoms with Crippen LogP contribution in [0.25, 0.3) is 0 Å². The van der Waals surface area contributed by atoms with Crippen molar-refractivity contribution in [2.24, 2.45) is 5.41 Å². The second-order valence-electron chi connectivity index (χ2n) is 4.88. The maximum absolute atomic E-state index is 11.6. The van der Waals surface area contributed by atoms with E-state index >= 15 is 0 Å². The number of hydrogen-bond donors (Lipinski definition) is 0. The molecule has 102 valence electrons. The van der Waals surface area contributed by atoms with Crippen LogP contribution in [0.3, 0.4) is 0 Å². The van der Waals surface area contributed by atoms with E-state index in [1.54, 1.807) is 0 Å². The number of carbonyl (C=O) groups excluding carboxylic acids is 1. The van der Waals surface area contributed by atoms with E-state index in [1.807, 2.05) is 13.8 Å². The van der Waals surface area contributed by atoms with Gasteiger partial charge in [0.2, 0.25) is 0 Å². The number of nitrogens with zero attached hydrogens (tertiary/aromatic N) is 1. The highest BCUT2D eigenvalue weighted by molar-refractivity contribution is 6.32. The third kappa shape index (κ3) is 2.30. The predicted octanol–water partition coefficient (Wildman–Crippen LogP) is 3.38. The minimum Gasteiger partial charge on any atom is -0.487 e. The summed E-state index contributed by atoms with van der Waals surface area (Å²) >= 11 is 5.96. The molecule has 5 nitrogen and oxygen atoms in total. The first kappa shape index (κ1) is 13.8. The van der Waals surface area contributed by atoms with Gasteiger partial charge in [0, 0.05) is 18.6 Å². The molecule has 1 saturated carbocycles. The first-order valence-corrected chi connectivity index (χ1v) is 6.40. The third-order valence-electron chi connectivity index (χ3n) is 3.85. The molecule has 2 rings (SSSR count). The number of carbonyl (C=O) groups is 1. The molecule has 1 fully saturated rings. The summed E-state index contributed by atoms with van der Waals surface area (Å²) in [6, 6.07) is 4.06. The Kier molecular flexibility index (Phi) is 3.49. The Labute approximate surface area is 115 Å².